The summed E-state index contributed by atoms with van der Waals surface area (Å²) in [5, 5.41) is 0. The average molecular weight is 407 g/mol. The third-order valence-corrected chi connectivity index (χ3v) is 6.09. The van der Waals surface area contributed by atoms with Crippen molar-refractivity contribution < 1.29 is 27.4 Å². The van der Waals surface area contributed by atoms with Crippen LogP contribution in [0.15, 0.2) is 41.3 Å². The molecule has 152 valence electrons. The van der Waals surface area contributed by atoms with Crippen LogP contribution in [0.4, 0.5) is 5.69 Å². The lowest BCUT2D eigenvalue weighted by Gasteiger charge is -2.25. The van der Waals surface area contributed by atoms with Crippen LogP contribution in [0.5, 0.6) is 11.5 Å². The number of benzene rings is 2. The number of aryl methyl sites for hydroxylation is 1. The number of hydrogen-bond acceptors (Lipinski definition) is 6. The summed E-state index contributed by atoms with van der Waals surface area (Å²) in [6.07, 6.45) is 0. The molecule has 0 aromatic heterocycles. The number of carbonyl (C=O) groups excluding carboxylic acids is 1. The fraction of sp³-hybridized carbons (Fsp3) is 0.350. The molecule has 0 saturated heterocycles. The number of ether oxygens (including phenoxy) is 3. The number of nitrogens with zero attached hydrogens (tertiary/aromatic N) is 1. The molecule has 0 aliphatic carbocycles. The van der Waals surface area contributed by atoms with Gasteiger partial charge in [0.2, 0.25) is 0 Å². The summed E-state index contributed by atoms with van der Waals surface area (Å²) in [5.41, 5.74) is 1.52. The minimum Gasteiger partial charge on any atom is -0.493 e. The smallest absolute Gasteiger partial charge is 0.338 e. The minimum absolute atomic E-state index is 0.0841. The summed E-state index contributed by atoms with van der Waals surface area (Å²) >= 11 is 0. The molecule has 0 fully saturated rings. The molecule has 8 heteroatoms. The summed E-state index contributed by atoms with van der Waals surface area (Å²) in [6, 6.07) is 9.26. The molecule has 0 spiro atoms. The van der Waals surface area contributed by atoms with Crippen molar-refractivity contribution in [3.8, 4) is 11.5 Å². The molecule has 0 amide bonds. The fourth-order valence-electron chi connectivity index (χ4n) is 2.85. The van der Waals surface area contributed by atoms with E-state index in [4.69, 9.17) is 14.2 Å². The van der Waals surface area contributed by atoms with Crippen molar-refractivity contribution in [2.75, 3.05) is 31.7 Å². The van der Waals surface area contributed by atoms with Crippen molar-refractivity contribution in [1.29, 1.82) is 0 Å². The van der Waals surface area contributed by atoms with Gasteiger partial charge in [-0.15, -0.1) is 0 Å². The predicted molar refractivity (Wildman–Crippen MR) is 107 cm³/mol. The van der Waals surface area contributed by atoms with Crippen LogP contribution in [0.3, 0.4) is 0 Å². The lowest BCUT2D eigenvalue weighted by molar-refractivity contribution is 0.0526. The van der Waals surface area contributed by atoms with Gasteiger partial charge in [0, 0.05) is 12.6 Å². The third-order valence-electron chi connectivity index (χ3n) is 4.21. The van der Waals surface area contributed by atoms with Crippen molar-refractivity contribution in [3.05, 3.63) is 47.5 Å². The largest absolute Gasteiger partial charge is 0.493 e. The highest BCUT2D eigenvalue weighted by Crippen LogP contribution is 2.33. The molecule has 0 aliphatic rings. The van der Waals surface area contributed by atoms with E-state index in [9.17, 15) is 13.2 Å². The number of sulfonamides is 1. The molecule has 0 aliphatic heterocycles. The van der Waals surface area contributed by atoms with Crippen LogP contribution in [0.2, 0.25) is 0 Å². The third kappa shape index (κ3) is 4.22. The van der Waals surface area contributed by atoms with Crippen LogP contribution >= 0.6 is 0 Å². The Morgan fingerprint density at radius 1 is 1.00 bits per heavy atom. The summed E-state index contributed by atoms with van der Waals surface area (Å²) < 4.78 is 43.2. The first-order valence-corrected chi connectivity index (χ1v) is 10.3. The molecular formula is C20H25NO6S. The molecule has 0 saturated carbocycles. The normalized spacial score (nSPS) is 11.0. The molecule has 2 aromatic carbocycles. The Kier molecular flexibility index (Phi) is 6.90. The van der Waals surface area contributed by atoms with E-state index in [1.165, 1.54) is 30.7 Å². The quantitative estimate of drug-likeness (QED) is 0.624. The van der Waals surface area contributed by atoms with Gasteiger partial charge in [-0.1, -0.05) is 0 Å². The maximum Gasteiger partial charge on any atom is 0.338 e. The minimum atomic E-state index is -3.85. The highest BCUT2D eigenvalue weighted by molar-refractivity contribution is 7.92. The molecule has 0 N–H and O–H groups in total. The van der Waals surface area contributed by atoms with Crippen molar-refractivity contribution in [3.63, 3.8) is 0 Å². The molecule has 0 bridgehead atoms. The summed E-state index contributed by atoms with van der Waals surface area (Å²) in [5.74, 6) is 0.330. The van der Waals surface area contributed by atoms with E-state index in [2.05, 4.69) is 0 Å². The lowest BCUT2D eigenvalue weighted by Crippen LogP contribution is -2.31. The Bertz CT molecular complexity index is 955. The fourth-order valence-corrected chi connectivity index (χ4v) is 4.40. The number of carbonyl (C=O) groups is 1. The molecule has 0 unspecified atom stereocenters. The van der Waals surface area contributed by atoms with Crippen molar-refractivity contribution in [2.24, 2.45) is 0 Å². The number of esters is 1. The summed E-state index contributed by atoms with van der Waals surface area (Å²) in [4.78, 5) is 12.0. The highest BCUT2D eigenvalue weighted by atomic mass is 32.2. The molecule has 28 heavy (non-hydrogen) atoms. The van der Waals surface area contributed by atoms with Gasteiger partial charge in [-0.25, -0.2) is 13.2 Å². The van der Waals surface area contributed by atoms with Crippen LogP contribution < -0.4 is 13.8 Å². The van der Waals surface area contributed by atoms with Crippen molar-refractivity contribution >= 4 is 21.7 Å². The predicted octanol–water partition coefficient (Wildman–Crippen LogP) is 3.40. The first-order chi connectivity index (χ1) is 13.3. The zero-order valence-corrected chi connectivity index (χ0v) is 17.5. The molecule has 0 radical (unpaired) electrons. The zero-order valence-electron chi connectivity index (χ0n) is 16.7. The van der Waals surface area contributed by atoms with E-state index in [1.54, 1.807) is 45.0 Å². The van der Waals surface area contributed by atoms with Crippen LogP contribution in [0.1, 0.15) is 29.8 Å². The maximum atomic E-state index is 13.2. The average Bonchev–Trinajstić information content (AvgIpc) is 2.69. The van der Waals surface area contributed by atoms with Gasteiger partial charge in [0.1, 0.15) is 0 Å². The highest BCUT2D eigenvalue weighted by Gasteiger charge is 2.26. The monoisotopic (exact) mass is 407 g/mol. The van der Waals surface area contributed by atoms with Gasteiger partial charge in [-0.3, -0.25) is 4.31 Å². The Hall–Kier alpha value is -2.74. The summed E-state index contributed by atoms with van der Waals surface area (Å²) in [6.45, 7) is 5.72. The molecular weight excluding hydrogens is 382 g/mol. The number of methoxy groups -OCH3 is 2. The second-order valence-electron chi connectivity index (χ2n) is 5.91. The van der Waals surface area contributed by atoms with Gasteiger partial charge in [-0.05, 0) is 56.7 Å². The van der Waals surface area contributed by atoms with Gasteiger partial charge in [-0.2, -0.15) is 0 Å². The molecule has 7 nitrogen and oxygen atoms in total. The van der Waals surface area contributed by atoms with Crippen LogP contribution in [-0.2, 0) is 14.8 Å². The molecule has 2 rings (SSSR count). The second kappa shape index (κ2) is 8.97. The standard InChI is InChI=1S/C20H25NO6S/c1-6-21(17-10-8-15(12-14(17)3)20(22)27-7-2)28(23,24)16-9-11-18(25-4)19(13-16)26-5/h8-13H,6-7H2,1-5H3. The van der Waals surface area contributed by atoms with Gasteiger partial charge < -0.3 is 14.2 Å². The molecule has 0 heterocycles. The van der Waals surface area contributed by atoms with E-state index in [0.717, 1.165) is 0 Å². The number of hydrogen-bond donors (Lipinski definition) is 0. The molecule has 0 atom stereocenters. The van der Waals surface area contributed by atoms with Crippen LogP contribution in [-0.4, -0.2) is 41.8 Å². The Balaban J connectivity index is 2.48. The van der Waals surface area contributed by atoms with Crippen LogP contribution in [0.25, 0.3) is 0 Å². The molecule has 2 aromatic rings. The van der Waals surface area contributed by atoms with E-state index >= 15 is 0 Å². The van der Waals surface area contributed by atoms with Gasteiger partial charge >= 0.3 is 5.97 Å². The SMILES string of the molecule is CCOC(=O)c1ccc(N(CC)S(=O)(=O)c2ccc(OC)c(OC)c2)c(C)c1. The van der Waals surface area contributed by atoms with E-state index in [1.807, 2.05) is 0 Å². The van der Waals surface area contributed by atoms with Crippen LogP contribution in [0, 0.1) is 6.92 Å². The van der Waals surface area contributed by atoms with E-state index in [-0.39, 0.29) is 18.0 Å². The first kappa shape index (κ1) is 21.6. The summed E-state index contributed by atoms with van der Waals surface area (Å²) in [7, 11) is -0.913. The van der Waals surface area contributed by atoms with Crippen molar-refractivity contribution in [1.82, 2.24) is 0 Å². The Labute approximate surface area is 165 Å². The van der Waals surface area contributed by atoms with E-state index in [0.29, 0.717) is 28.3 Å². The Morgan fingerprint density at radius 2 is 1.68 bits per heavy atom. The van der Waals surface area contributed by atoms with Gasteiger partial charge in [0.25, 0.3) is 10.0 Å². The topological polar surface area (TPSA) is 82.1 Å². The number of anilines is 1. The zero-order chi connectivity index (χ0) is 20.9. The number of rotatable bonds is 8. The first-order valence-electron chi connectivity index (χ1n) is 8.82. The lowest BCUT2D eigenvalue weighted by atomic mass is 10.1. The van der Waals surface area contributed by atoms with Gasteiger partial charge in [0.05, 0.1) is 37.0 Å². The maximum absolute atomic E-state index is 13.2. The van der Waals surface area contributed by atoms with E-state index < -0.39 is 16.0 Å². The van der Waals surface area contributed by atoms with Crippen molar-refractivity contribution in [2.45, 2.75) is 25.7 Å². The second-order valence-corrected chi connectivity index (χ2v) is 7.77. The Morgan fingerprint density at radius 3 is 2.21 bits per heavy atom. The van der Waals surface area contributed by atoms with Gasteiger partial charge in [0.15, 0.2) is 11.5 Å².